The van der Waals surface area contributed by atoms with Gasteiger partial charge in [0.25, 0.3) is 0 Å². The molecule has 0 radical (unpaired) electrons. The van der Waals surface area contributed by atoms with Crippen LogP contribution in [-0.4, -0.2) is 4.98 Å². The van der Waals surface area contributed by atoms with Crippen molar-refractivity contribution in [2.75, 3.05) is 4.90 Å². The maximum Gasteiger partial charge on any atom is 0.227 e. The van der Waals surface area contributed by atoms with Gasteiger partial charge >= 0.3 is 0 Å². The van der Waals surface area contributed by atoms with E-state index in [2.05, 4.69) is 157 Å². The molecular formula is C47H30N2O2. The van der Waals surface area contributed by atoms with Gasteiger partial charge in [-0.1, -0.05) is 127 Å². The third-order valence-electron chi connectivity index (χ3n) is 9.68. The molecule has 0 unspecified atom stereocenters. The molecule has 0 aliphatic carbocycles. The zero-order valence-electron chi connectivity index (χ0n) is 27.5. The second-order valence-electron chi connectivity index (χ2n) is 12.8. The lowest BCUT2D eigenvalue weighted by Gasteiger charge is -2.26. The minimum atomic E-state index is 0.558. The molecule has 2 heterocycles. The van der Waals surface area contributed by atoms with Crippen molar-refractivity contribution >= 4 is 60.9 Å². The van der Waals surface area contributed by atoms with Gasteiger partial charge in [-0.05, 0) is 81.6 Å². The van der Waals surface area contributed by atoms with Crippen LogP contribution in [0.4, 0.5) is 17.1 Å². The SMILES string of the molecule is c1ccc(-c2ccc(-c3nc4cc5oc6ccccc6c5c(N(c5ccccc5)c5ccc(-c6ccc7ccccc7c6)cc5)c4o3)cc2)cc1. The van der Waals surface area contributed by atoms with Crippen molar-refractivity contribution in [3.05, 3.63) is 182 Å². The van der Waals surface area contributed by atoms with Crippen molar-refractivity contribution in [3.63, 3.8) is 0 Å². The Bertz CT molecular complexity index is 2840. The summed E-state index contributed by atoms with van der Waals surface area (Å²) in [6, 6.07) is 63.3. The summed E-state index contributed by atoms with van der Waals surface area (Å²) in [5.74, 6) is 0.558. The predicted molar refractivity (Wildman–Crippen MR) is 210 cm³/mol. The Morgan fingerprint density at radius 2 is 1.00 bits per heavy atom. The second kappa shape index (κ2) is 11.9. The van der Waals surface area contributed by atoms with E-state index in [0.717, 1.165) is 61.2 Å². The lowest BCUT2D eigenvalue weighted by atomic mass is 10.0. The lowest BCUT2D eigenvalue weighted by Crippen LogP contribution is -2.10. The van der Waals surface area contributed by atoms with E-state index in [1.165, 1.54) is 21.9 Å². The van der Waals surface area contributed by atoms with Gasteiger partial charge in [0.15, 0.2) is 5.58 Å². The molecule has 0 bridgehead atoms. The first kappa shape index (κ1) is 29.0. The summed E-state index contributed by atoms with van der Waals surface area (Å²) in [7, 11) is 0. The summed E-state index contributed by atoms with van der Waals surface area (Å²) in [5.41, 5.74) is 11.4. The molecule has 0 atom stereocenters. The van der Waals surface area contributed by atoms with E-state index in [4.69, 9.17) is 13.8 Å². The average molecular weight is 655 g/mol. The quantitative estimate of drug-likeness (QED) is 0.179. The number of furan rings is 1. The van der Waals surface area contributed by atoms with E-state index in [9.17, 15) is 0 Å². The molecule has 4 nitrogen and oxygen atoms in total. The Hall–Kier alpha value is -6.91. The van der Waals surface area contributed by atoms with Crippen LogP contribution < -0.4 is 4.90 Å². The highest BCUT2D eigenvalue weighted by atomic mass is 16.4. The smallest absolute Gasteiger partial charge is 0.227 e. The molecule has 240 valence electrons. The molecule has 0 saturated carbocycles. The number of rotatable bonds is 6. The predicted octanol–water partition coefficient (Wildman–Crippen LogP) is 13.4. The van der Waals surface area contributed by atoms with E-state index in [0.29, 0.717) is 11.5 Å². The first-order valence-electron chi connectivity index (χ1n) is 17.1. The highest BCUT2D eigenvalue weighted by Crippen LogP contribution is 2.48. The minimum Gasteiger partial charge on any atom is -0.456 e. The Morgan fingerprint density at radius 3 is 1.80 bits per heavy atom. The standard InChI is InChI=1S/C47H30N2O2/c1-3-11-31(12-4-1)33-19-22-35(23-20-33)47-48-41-30-43-44(40-17-9-10-18-42(40)50-43)45(46(41)51-47)49(38-15-5-2-6-16-38)39-27-25-34(26-28-39)37-24-21-32-13-7-8-14-36(32)29-37/h1-30H. The van der Waals surface area contributed by atoms with E-state index >= 15 is 0 Å². The monoisotopic (exact) mass is 654 g/mol. The van der Waals surface area contributed by atoms with Gasteiger partial charge in [-0.25, -0.2) is 4.98 Å². The zero-order chi connectivity index (χ0) is 33.7. The molecule has 10 aromatic rings. The lowest BCUT2D eigenvalue weighted by molar-refractivity contribution is 0.620. The number of para-hydroxylation sites is 2. The number of benzene rings is 8. The van der Waals surface area contributed by atoms with Gasteiger partial charge < -0.3 is 13.7 Å². The van der Waals surface area contributed by atoms with Crippen LogP contribution in [0.3, 0.4) is 0 Å². The fourth-order valence-corrected chi connectivity index (χ4v) is 7.18. The third kappa shape index (κ3) is 5.04. The summed E-state index contributed by atoms with van der Waals surface area (Å²) in [4.78, 5) is 7.33. The Labute approximate surface area is 294 Å². The van der Waals surface area contributed by atoms with Crippen LogP contribution in [0.25, 0.3) is 77.5 Å². The van der Waals surface area contributed by atoms with Gasteiger partial charge in [-0.3, -0.25) is 0 Å². The van der Waals surface area contributed by atoms with Crippen molar-refractivity contribution < 1.29 is 8.83 Å². The van der Waals surface area contributed by atoms with Crippen LogP contribution in [0, 0.1) is 0 Å². The van der Waals surface area contributed by atoms with Gasteiger partial charge in [-0.2, -0.15) is 0 Å². The molecule has 0 N–H and O–H groups in total. The van der Waals surface area contributed by atoms with Crippen molar-refractivity contribution in [1.29, 1.82) is 0 Å². The van der Waals surface area contributed by atoms with Crippen molar-refractivity contribution in [2.24, 2.45) is 0 Å². The largest absolute Gasteiger partial charge is 0.456 e. The van der Waals surface area contributed by atoms with Crippen LogP contribution in [-0.2, 0) is 0 Å². The number of nitrogens with zero attached hydrogens (tertiary/aromatic N) is 2. The van der Waals surface area contributed by atoms with Crippen molar-refractivity contribution in [2.45, 2.75) is 0 Å². The van der Waals surface area contributed by atoms with Crippen LogP contribution >= 0.6 is 0 Å². The number of hydrogen-bond donors (Lipinski definition) is 0. The molecule has 51 heavy (non-hydrogen) atoms. The van der Waals surface area contributed by atoms with Gasteiger partial charge in [0, 0.05) is 28.4 Å². The third-order valence-corrected chi connectivity index (χ3v) is 9.68. The molecule has 2 aromatic heterocycles. The zero-order valence-corrected chi connectivity index (χ0v) is 27.5. The highest BCUT2D eigenvalue weighted by Gasteiger charge is 2.26. The van der Waals surface area contributed by atoms with Crippen LogP contribution in [0.1, 0.15) is 0 Å². The molecule has 10 rings (SSSR count). The fourth-order valence-electron chi connectivity index (χ4n) is 7.18. The molecule has 0 aliphatic rings. The molecule has 0 aliphatic heterocycles. The van der Waals surface area contributed by atoms with Gasteiger partial charge in [0.2, 0.25) is 5.89 Å². The second-order valence-corrected chi connectivity index (χ2v) is 12.8. The minimum absolute atomic E-state index is 0.558. The number of hydrogen-bond acceptors (Lipinski definition) is 4. The van der Waals surface area contributed by atoms with Gasteiger partial charge in [0.05, 0.1) is 5.39 Å². The Morgan fingerprint density at radius 1 is 0.412 bits per heavy atom. The first-order chi connectivity index (χ1) is 25.3. The van der Waals surface area contributed by atoms with Crippen LogP contribution in [0.5, 0.6) is 0 Å². The maximum absolute atomic E-state index is 6.82. The summed E-state index contributed by atoms with van der Waals surface area (Å²) in [6.45, 7) is 0. The van der Waals surface area contributed by atoms with Crippen LogP contribution in [0.2, 0.25) is 0 Å². The maximum atomic E-state index is 6.82. The number of aromatic nitrogens is 1. The summed E-state index contributed by atoms with van der Waals surface area (Å²) < 4.78 is 13.3. The molecule has 0 fully saturated rings. The molecule has 0 spiro atoms. The Kier molecular flexibility index (Phi) is 6.78. The normalized spacial score (nSPS) is 11.5. The summed E-state index contributed by atoms with van der Waals surface area (Å²) in [5, 5.41) is 4.45. The fraction of sp³-hybridized carbons (Fsp3) is 0. The van der Waals surface area contributed by atoms with Crippen molar-refractivity contribution in [3.8, 4) is 33.7 Å². The van der Waals surface area contributed by atoms with Crippen LogP contribution in [0.15, 0.2) is 191 Å². The molecule has 4 heteroatoms. The number of oxazole rings is 1. The Balaban J connectivity index is 1.17. The molecule has 0 saturated heterocycles. The molecule has 8 aromatic carbocycles. The summed E-state index contributed by atoms with van der Waals surface area (Å²) in [6.07, 6.45) is 0. The first-order valence-corrected chi connectivity index (χ1v) is 17.1. The summed E-state index contributed by atoms with van der Waals surface area (Å²) >= 11 is 0. The van der Waals surface area contributed by atoms with Gasteiger partial charge in [-0.15, -0.1) is 0 Å². The van der Waals surface area contributed by atoms with Crippen molar-refractivity contribution in [1.82, 2.24) is 4.98 Å². The van der Waals surface area contributed by atoms with E-state index in [1.807, 2.05) is 30.3 Å². The highest BCUT2D eigenvalue weighted by molar-refractivity contribution is 6.20. The number of anilines is 3. The average Bonchev–Trinajstić information content (AvgIpc) is 3.80. The van der Waals surface area contributed by atoms with E-state index in [1.54, 1.807) is 0 Å². The topological polar surface area (TPSA) is 42.4 Å². The molecular weight excluding hydrogens is 625 g/mol. The van der Waals surface area contributed by atoms with E-state index < -0.39 is 0 Å². The molecule has 0 amide bonds. The number of fused-ring (bicyclic) bond motifs is 5. The van der Waals surface area contributed by atoms with Gasteiger partial charge in [0.1, 0.15) is 22.4 Å². The van der Waals surface area contributed by atoms with E-state index in [-0.39, 0.29) is 0 Å².